The maximum Gasteiger partial charge on any atom is 0.343 e. The predicted molar refractivity (Wildman–Crippen MR) is 119 cm³/mol. The molecule has 0 atom stereocenters. The monoisotopic (exact) mass is 434 g/mol. The summed E-state index contributed by atoms with van der Waals surface area (Å²) in [6, 6.07) is 20.4. The highest BCUT2D eigenvalue weighted by Crippen LogP contribution is 2.28. The van der Waals surface area contributed by atoms with Crippen LogP contribution < -0.4 is 24.4 Å². The number of hydrogen-bond donors (Lipinski definition) is 1. The van der Waals surface area contributed by atoms with Gasteiger partial charge in [0.2, 0.25) is 0 Å². The third kappa shape index (κ3) is 6.33. The Morgan fingerprint density at radius 3 is 2.28 bits per heavy atom. The summed E-state index contributed by atoms with van der Waals surface area (Å²) in [5, 5.41) is 3.89. The highest BCUT2D eigenvalue weighted by atomic mass is 16.5. The molecular weight excluding hydrogens is 412 g/mol. The first kappa shape index (κ1) is 22.4. The van der Waals surface area contributed by atoms with E-state index in [1.165, 1.54) is 20.4 Å². The Labute approximate surface area is 185 Å². The van der Waals surface area contributed by atoms with Gasteiger partial charge in [0.1, 0.15) is 11.5 Å². The van der Waals surface area contributed by atoms with E-state index in [2.05, 4.69) is 10.5 Å². The van der Waals surface area contributed by atoms with Crippen molar-refractivity contribution < 1.29 is 28.5 Å². The fourth-order valence-corrected chi connectivity index (χ4v) is 2.63. The Bertz CT molecular complexity index is 1080. The number of ether oxygens (including phenoxy) is 4. The van der Waals surface area contributed by atoms with Gasteiger partial charge in [-0.1, -0.05) is 18.2 Å². The number of hydrazone groups is 1. The van der Waals surface area contributed by atoms with E-state index in [1.54, 1.807) is 54.6 Å². The van der Waals surface area contributed by atoms with Crippen LogP contribution in [0, 0.1) is 0 Å². The summed E-state index contributed by atoms with van der Waals surface area (Å²) < 4.78 is 21.1. The van der Waals surface area contributed by atoms with Crippen molar-refractivity contribution in [2.45, 2.75) is 0 Å². The van der Waals surface area contributed by atoms with Crippen LogP contribution in [0.5, 0.6) is 23.0 Å². The molecule has 8 heteroatoms. The summed E-state index contributed by atoms with van der Waals surface area (Å²) in [4.78, 5) is 24.2. The Kier molecular flexibility index (Phi) is 7.80. The van der Waals surface area contributed by atoms with E-state index in [0.29, 0.717) is 34.1 Å². The van der Waals surface area contributed by atoms with E-state index in [1.807, 2.05) is 18.2 Å². The second-order valence-electron chi connectivity index (χ2n) is 6.42. The molecule has 0 aromatic heterocycles. The minimum absolute atomic E-state index is 0.146. The van der Waals surface area contributed by atoms with Crippen molar-refractivity contribution in [3.05, 3.63) is 83.9 Å². The van der Waals surface area contributed by atoms with Gasteiger partial charge < -0.3 is 18.9 Å². The van der Waals surface area contributed by atoms with Crippen LogP contribution in [0.4, 0.5) is 0 Å². The number of amides is 1. The van der Waals surface area contributed by atoms with Crippen LogP contribution >= 0.6 is 0 Å². The SMILES string of the molecule is COc1ccc(C(=O)Oc2ccc(C=NNC(=O)COc3ccccc3)cc2)cc1OC. The van der Waals surface area contributed by atoms with Crippen LogP contribution in [0.3, 0.4) is 0 Å². The summed E-state index contributed by atoms with van der Waals surface area (Å²) in [5.41, 5.74) is 3.42. The zero-order valence-corrected chi connectivity index (χ0v) is 17.6. The van der Waals surface area contributed by atoms with Gasteiger partial charge in [0.15, 0.2) is 18.1 Å². The third-order valence-corrected chi connectivity index (χ3v) is 4.23. The highest BCUT2D eigenvalue weighted by molar-refractivity contribution is 5.92. The molecule has 3 aromatic carbocycles. The lowest BCUT2D eigenvalue weighted by Crippen LogP contribution is -2.24. The summed E-state index contributed by atoms with van der Waals surface area (Å²) in [5.74, 6) is 1.01. The molecule has 1 amide bonds. The fraction of sp³-hybridized carbons (Fsp3) is 0.125. The fourth-order valence-electron chi connectivity index (χ4n) is 2.63. The predicted octanol–water partition coefficient (Wildman–Crippen LogP) is 3.45. The van der Waals surface area contributed by atoms with E-state index in [-0.39, 0.29) is 12.5 Å². The van der Waals surface area contributed by atoms with Crippen molar-refractivity contribution >= 4 is 18.1 Å². The molecule has 1 N–H and O–H groups in total. The van der Waals surface area contributed by atoms with Crippen LogP contribution in [-0.4, -0.2) is 38.9 Å². The maximum absolute atomic E-state index is 12.4. The topological polar surface area (TPSA) is 95.5 Å². The molecule has 0 spiro atoms. The van der Waals surface area contributed by atoms with Gasteiger partial charge in [-0.3, -0.25) is 4.79 Å². The molecular formula is C24H22N2O6. The van der Waals surface area contributed by atoms with Gasteiger partial charge in [0.05, 0.1) is 26.0 Å². The maximum atomic E-state index is 12.4. The Morgan fingerprint density at radius 1 is 0.875 bits per heavy atom. The smallest absolute Gasteiger partial charge is 0.343 e. The molecule has 8 nitrogen and oxygen atoms in total. The lowest BCUT2D eigenvalue weighted by atomic mass is 10.2. The lowest BCUT2D eigenvalue weighted by molar-refractivity contribution is -0.123. The summed E-state index contributed by atoms with van der Waals surface area (Å²) >= 11 is 0. The molecule has 0 bridgehead atoms. The van der Waals surface area contributed by atoms with Crippen LogP contribution in [0.25, 0.3) is 0 Å². The number of para-hydroxylation sites is 1. The average Bonchev–Trinajstić information content (AvgIpc) is 2.84. The van der Waals surface area contributed by atoms with Gasteiger partial charge in [-0.15, -0.1) is 0 Å². The first-order chi connectivity index (χ1) is 15.6. The van der Waals surface area contributed by atoms with E-state index in [0.717, 1.165) is 0 Å². The molecule has 0 aliphatic rings. The van der Waals surface area contributed by atoms with Gasteiger partial charge in [0.25, 0.3) is 5.91 Å². The number of carbonyl (C=O) groups is 2. The largest absolute Gasteiger partial charge is 0.493 e. The van der Waals surface area contributed by atoms with Crippen molar-refractivity contribution in [2.75, 3.05) is 20.8 Å². The molecule has 0 saturated heterocycles. The van der Waals surface area contributed by atoms with Crippen molar-refractivity contribution in [1.82, 2.24) is 5.43 Å². The third-order valence-electron chi connectivity index (χ3n) is 4.23. The number of methoxy groups -OCH3 is 2. The Morgan fingerprint density at radius 2 is 1.59 bits per heavy atom. The minimum Gasteiger partial charge on any atom is -0.493 e. The van der Waals surface area contributed by atoms with Gasteiger partial charge >= 0.3 is 5.97 Å². The first-order valence-electron chi connectivity index (χ1n) is 9.63. The number of hydrogen-bond acceptors (Lipinski definition) is 7. The molecule has 3 aromatic rings. The van der Waals surface area contributed by atoms with Gasteiger partial charge in [0, 0.05) is 0 Å². The minimum atomic E-state index is -0.530. The zero-order valence-electron chi connectivity index (χ0n) is 17.6. The van der Waals surface area contributed by atoms with E-state index in [9.17, 15) is 9.59 Å². The van der Waals surface area contributed by atoms with Crippen LogP contribution in [0.2, 0.25) is 0 Å². The normalized spacial score (nSPS) is 10.4. The molecule has 0 saturated carbocycles. The molecule has 164 valence electrons. The number of benzene rings is 3. The van der Waals surface area contributed by atoms with E-state index in [4.69, 9.17) is 18.9 Å². The number of nitrogens with zero attached hydrogens (tertiary/aromatic N) is 1. The quantitative estimate of drug-likeness (QED) is 0.240. The molecule has 0 aliphatic carbocycles. The first-order valence-corrected chi connectivity index (χ1v) is 9.63. The molecule has 0 heterocycles. The second-order valence-corrected chi connectivity index (χ2v) is 6.42. The van der Waals surface area contributed by atoms with Crippen molar-refractivity contribution in [2.24, 2.45) is 5.10 Å². The number of rotatable bonds is 9. The molecule has 3 rings (SSSR count). The Balaban J connectivity index is 1.50. The zero-order chi connectivity index (χ0) is 22.8. The van der Waals surface area contributed by atoms with Gasteiger partial charge in [-0.25, -0.2) is 10.2 Å². The number of carbonyl (C=O) groups excluding carboxylic acids is 2. The van der Waals surface area contributed by atoms with Crippen LogP contribution in [-0.2, 0) is 4.79 Å². The second kappa shape index (κ2) is 11.2. The highest BCUT2D eigenvalue weighted by Gasteiger charge is 2.13. The van der Waals surface area contributed by atoms with Crippen LogP contribution in [0.1, 0.15) is 15.9 Å². The molecule has 0 fully saturated rings. The molecule has 0 unspecified atom stereocenters. The lowest BCUT2D eigenvalue weighted by Gasteiger charge is -2.09. The van der Waals surface area contributed by atoms with E-state index < -0.39 is 5.97 Å². The van der Waals surface area contributed by atoms with Crippen LogP contribution in [0.15, 0.2) is 77.9 Å². The average molecular weight is 434 g/mol. The van der Waals surface area contributed by atoms with Gasteiger partial charge in [-0.2, -0.15) is 5.10 Å². The molecule has 32 heavy (non-hydrogen) atoms. The standard InChI is InChI=1S/C24H22N2O6/c1-29-21-13-10-18(14-22(21)30-2)24(28)32-20-11-8-17(9-12-20)15-25-26-23(27)16-31-19-6-4-3-5-7-19/h3-15H,16H2,1-2H3,(H,26,27). The summed E-state index contributed by atoms with van der Waals surface area (Å²) in [6.07, 6.45) is 1.47. The Hall–Kier alpha value is -4.33. The number of esters is 1. The van der Waals surface area contributed by atoms with Crippen molar-refractivity contribution in [1.29, 1.82) is 0 Å². The number of nitrogens with one attached hydrogen (secondary N) is 1. The van der Waals surface area contributed by atoms with Crippen molar-refractivity contribution in [3.8, 4) is 23.0 Å². The van der Waals surface area contributed by atoms with Gasteiger partial charge in [-0.05, 0) is 60.2 Å². The van der Waals surface area contributed by atoms with E-state index >= 15 is 0 Å². The molecule has 0 radical (unpaired) electrons. The summed E-state index contributed by atoms with van der Waals surface area (Å²) in [6.45, 7) is -0.146. The summed E-state index contributed by atoms with van der Waals surface area (Å²) in [7, 11) is 3.01. The van der Waals surface area contributed by atoms with Crippen molar-refractivity contribution in [3.63, 3.8) is 0 Å². The molecule has 0 aliphatic heterocycles.